The number of methoxy groups -OCH3 is 1. The summed E-state index contributed by atoms with van der Waals surface area (Å²) in [6.07, 6.45) is 4.91. The Morgan fingerprint density at radius 2 is 2.11 bits per heavy atom. The number of H-pyrrole nitrogens is 1. The SMILES string of the molecule is COCc1cc(=S)nc(C2CCC(C)(C)CC2)[nH]1. The molecule has 0 radical (unpaired) electrons. The minimum absolute atomic E-state index is 0.484. The quantitative estimate of drug-likeness (QED) is 0.841. The fourth-order valence-electron chi connectivity index (χ4n) is 2.63. The van der Waals surface area contributed by atoms with Crippen LogP contribution in [0.1, 0.15) is 57.0 Å². The molecule has 0 aromatic carbocycles. The summed E-state index contributed by atoms with van der Waals surface area (Å²) in [6.45, 7) is 5.26. The fourth-order valence-corrected chi connectivity index (χ4v) is 2.87. The molecule has 0 spiro atoms. The Morgan fingerprint density at radius 3 is 2.72 bits per heavy atom. The van der Waals surface area contributed by atoms with Crippen LogP contribution < -0.4 is 0 Å². The third-order valence-corrected chi connectivity index (χ3v) is 4.05. The van der Waals surface area contributed by atoms with Crippen molar-refractivity contribution < 1.29 is 4.74 Å². The zero-order chi connectivity index (χ0) is 13.2. The number of hydrogen-bond donors (Lipinski definition) is 1. The van der Waals surface area contributed by atoms with E-state index < -0.39 is 0 Å². The lowest BCUT2D eigenvalue weighted by molar-refractivity contribution is 0.180. The molecule has 3 nitrogen and oxygen atoms in total. The average Bonchev–Trinajstić information content (AvgIpc) is 2.28. The second kappa shape index (κ2) is 5.49. The van der Waals surface area contributed by atoms with Crippen LogP contribution in [0, 0.1) is 10.1 Å². The molecule has 1 aliphatic carbocycles. The van der Waals surface area contributed by atoms with Gasteiger partial charge in [-0.2, -0.15) is 0 Å². The summed E-state index contributed by atoms with van der Waals surface area (Å²) in [4.78, 5) is 7.87. The van der Waals surface area contributed by atoms with E-state index in [2.05, 4.69) is 23.8 Å². The predicted octanol–water partition coefficient (Wildman–Crippen LogP) is 3.97. The molecule has 2 rings (SSSR count). The van der Waals surface area contributed by atoms with E-state index in [0.29, 0.717) is 22.6 Å². The molecule has 0 atom stereocenters. The van der Waals surface area contributed by atoms with Gasteiger partial charge in [0.2, 0.25) is 0 Å². The van der Waals surface area contributed by atoms with E-state index in [-0.39, 0.29) is 0 Å². The molecule has 0 aliphatic heterocycles. The average molecular weight is 266 g/mol. The Labute approximate surface area is 114 Å². The molecule has 0 bridgehead atoms. The lowest BCUT2D eigenvalue weighted by Crippen LogP contribution is -2.21. The normalized spacial score (nSPS) is 19.9. The summed E-state index contributed by atoms with van der Waals surface area (Å²) in [5.74, 6) is 1.57. The molecule has 1 heterocycles. The first kappa shape index (κ1) is 13.7. The van der Waals surface area contributed by atoms with E-state index in [0.717, 1.165) is 11.5 Å². The summed E-state index contributed by atoms with van der Waals surface area (Å²) in [5, 5.41) is 0. The van der Waals surface area contributed by atoms with Crippen molar-refractivity contribution >= 4 is 12.2 Å². The van der Waals surface area contributed by atoms with E-state index in [1.165, 1.54) is 25.7 Å². The van der Waals surface area contributed by atoms with Gasteiger partial charge in [-0.1, -0.05) is 26.1 Å². The maximum absolute atomic E-state index is 5.23. The molecule has 1 fully saturated rings. The molecule has 0 saturated heterocycles. The van der Waals surface area contributed by atoms with Crippen molar-refractivity contribution in [1.29, 1.82) is 0 Å². The second-order valence-electron chi connectivity index (χ2n) is 6.00. The predicted molar refractivity (Wildman–Crippen MR) is 75.1 cm³/mol. The first-order valence-corrected chi connectivity index (χ1v) is 7.00. The van der Waals surface area contributed by atoms with Crippen molar-refractivity contribution in [2.45, 2.75) is 52.1 Å². The van der Waals surface area contributed by atoms with Crippen molar-refractivity contribution in [2.24, 2.45) is 5.41 Å². The highest BCUT2D eigenvalue weighted by molar-refractivity contribution is 7.71. The highest BCUT2D eigenvalue weighted by atomic mass is 32.1. The molecule has 100 valence electrons. The van der Waals surface area contributed by atoms with Gasteiger partial charge in [0.05, 0.1) is 6.61 Å². The topological polar surface area (TPSA) is 37.9 Å². The maximum Gasteiger partial charge on any atom is 0.130 e. The van der Waals surface area contributed by atoms with Crippen molar-refractivity contribution in [2.75, 3.05) is 7.11 Å². The summed E-state index contributed by atoms with van der Waals surface area (Å²) >= 11 is 5.23. The third-order valence-electron chi connectivity index (χ3n) is 3.84. The van der Waals surface area contributed by atoms with E-state index in [1.54, 1.807) is 7.11 Å². The number of ether oxygens (including phenoxy) is 1. The van der Waals surface area contributed by atoms with Crippen molar-refractivity contribution in [3.63, 3.8) is 0 Å². The van der Waals surface area contributed by atoms with Crippen LogP contribution in [-0.2, 0) is 11.3 Å². The van der Waals surface area contributed by atoms with Gasteiger partial charge in [-0.25, -0.2) is 4.98 Å². The molecule has 1 aromatic rings. The van der Waals surface area contributed by atoms with E-state index in [4.69, 9.17) is 17.0 Å². The van der Waals surface area contributed by atoms with Gasteiger partial charge in [-0.15, -0.1) is 0 Å². The lowest BCUT2D eigenvalue weighted by atomic mass is 9.73. The Kier molecular flexibility index (Phi) is 4.17. The Bertz CT molecular complexity index is 457. The highest BCUT2D eigenvalue weighted by Crippen LogP contribution is 2.41. The zero-order valence-corrected chi connectivity index (χ0v) is 12.3. The molecule has 1 saturated carbocycles. The lowest BCUT2D eigenvalue weighted by Gasteiger charge is -2.33. The number of nitrogens with zero attached hydrogens (tertiary/aromatic N) is 1. The summed E-state index contributed by atoms with van der Waals surface area (Å²) < 4.78 is 5.82. The van der Waals surface area contributed by atoms with Gasteiger partial charge in [-0.3, -0.25) is 0 Å². The molecule has 1 aromatic heterocycles. The van der Waals surface area contributed by atoms with Gasteiger partial charge in [0.15, 0.2) is 0 Å². The summed E-state index contributed by atoms with van der Waals surface area (Å²) in [5.41, 5.74) is 1.51. The monoisotopic (exact) mass is 266 g/mol. The highest BCUT2D eigenvalue weighted by Gasteiger charge is 2.28. The molecular formula is C14H22N2OS. The minimum Gasteiger partial charge on any atom is -0.378 e. The van der Waals surface area contributed by atoms with Crippen molar-refractivity contribution in [3.05, 3.63) is 22.2 Å². The molecule has 18 heavy (non-hydrogen) atoms. The number of aromatic nitrogens is 2. The Balaban J connectivity index is 2.16. The van der Waals surface area contributed by atoms with Gasteiger partial charge >= 0.3 is 0 Å². The van der Waals surface area contributed by atoms with Gasteiger partial charge in [0.25, 0.3) is 0 Å². The van der Waals surface area contributed by atoms with Crippen LogP contribution in [0.2, 0.25) is 0 Å². The summed E-state index contributed by atoms with van der Waals surface area (Å²) in [7, 11) is 1.69. The van der Waals surface area contributed by atoms with E-state index in [9.17, 15) is 0 Å². The summed E-state index contributed by atoms with van der Waals surface area (Å²) in [6, 6.07) is 1.88. The Hall–Kier alpha value is -0.740. The van der Waals surface area contributed by atoms with Crippen LogP contribution in [-0.4, -0.2) is 17.1 Å². The van der Waals surface area contributed by atoms with Crippen LogP contribution in [0.5, 0.6) is 0 Å². The van der Waals surface area contributed by atoms with Crippen LogP contribution >= 0.6 is 12.2 Å². The van der Waals surface area contributed by atoms with Gasteiger partial charge in [-0.05, 0) is 37.2 Å². The molecule has 0 unspecified atom stereocenters. The van der Waals surface area contributed by atoms with E-state index in [1.807, 2.05) is 6.07 Å². The van der Waals surface area contributed by atoms with E-state index >= 15 is 0 Å². The fraction of sp³-hybridized carbons (Fsp3) is 0.714. The number of nitrogens with one attached hydrogen (secondary N) is 1. The maximum atomic E-state index is 5.23. The van der Waals surface area contributed by atoms with Gasteiger partial charge < -0.3 is 9.72 Å². The zero-order valence-electron chi connectivity index (χ0n) is 11.5. The largest absolute Gasteiger partial charge is 0.378 e. The number of rotatable bonds is 3. The Morgan fingerprint density at radius 1 is 1.44 bits per heavy atom. The van der Waals surface area contributed by atoms with Crippen molar-refractivity contribution in [1.82, 2.24) is 9.97 Å². The first-order valence-electron chi connectivity index (χ1n) is 6.59. The molecule has 1 aliphatic rings. The minimum atomic E-state index is 0.484. The number of aromatic amines is 1. The van der Waals surface area contributed by atoms with Crippen LogP contribution in [0.4, 0.5) is 0 Å². The standard InChI is InChI=1S/C14H22N2OS/c1-14(2)6-4-10(5-7-14)13-15-11(9-17-3)8-12(18)16-13/h8,10H,4-7,9H2,1-3H3,(H,15,16,18). The first-order chi connectivity index (χ1) is 8.50. The second-order valence-corrected chi connectivity index (χ2v) is 6.42. The third kappa shape index (κ3) is 3.39. The molecule has 0 amide bonds. The smallest absolute Gasteiger partial charge is 0.130 e. The van der Waals surface area contributed by atoms with Crippen LogP contribution in [0.15, 0.2) is 6.07 Å². The van der Waals surface area contributed by atoms with Crippen LogP contribution in [0.25, 0.3) is 0 Å². The molecular weight excluding hydrogens is 244 g/mol. The van der Waals surface area contributed by atoms with Crippen LogP contribution in [0.3, 0.4) is 0 Å². The van der Waals surface area contributed by atoms with Crippen molar-refractivity contribution in [3.8, 4) is 0 Å². The van der Waals surface area contributed by atoms with Gasteiger partial charge in [0, 0.05) is 18.7 Å². The van der Waals surface area contributed by atoms with Gasteiger partial charge in [0.1, 0.15) is 10.5 Å². The molecule has 1 N–H and O–H groups in total. The molecule has 4 heteroatoms. The number of hydrogen-bond acceptors (Lipinski definition) is 3.